The lowest BCUT2D eigenvalue weighted by molar-refractivity contribution is -0.159. The van der Waals surface area contributed by atoms with Gasteiger partial charge in [-0.15, -0.1) is 0 Å². The number of alkyl halides is 3. The van der Waals surface area contributed by atoms with Crippen LogP contribution in [0.15, 0.2) is 36.4 Å². The van der Waals surface area contributed by atoms with Crippen LogP contribution in [-0.4, -0.2) is 34.8 Å². The second kappa shape index (κ2) is 4.74. The molecule has 29 heavy (non-hydrogen) atoms. The summed E-state index contributed by atoms with van der Waals surface area (Å²) in [4.78, 5) is 39.4. The summed E-state index contributed by atoms with van der Waals surface area (Å²) in [5, 5.41) is 1.89. The van der Waals surface area contributed by atoms with Gasteiger partial charge in [-0.3, -0.25) is 14.4 Å². The third-order valence-corrected chi connectivity index (χ3v) is 8.00. The molecular weight excluding hydrogens is 385 g/mol. The quantitative estimate of drug-likeness (QED) is 0.565. The van der Waals surface area contributed by atoms with E-state index in [0.29, 0.717) is 11.8 Å². The van der Waals surface area contributed by atoms with Crippen LogP contribution in [0.3, 0.4) is 0 Å². The van der Waals surface area contributed by atoms with E-state index in [2.05, 4.69) is 12.2 Å². The van der Waals surface area contributed by atoms with Crippen molar-refractivity contribution in [1.29, 1.82) is 0 Å². The Morgan fingerprint density at radius 3 is 2.55 bits per heavy atom. The molecule has 4 fully saturated rings. The normalized spacial score (nSPS) is 40.5. The molecule has 4 aliphatic carbocycles. The summed E-state index contributed by atoms with van der Waals surface area (Å²) in [7, 11) is 1.32. The Kier molecular flexibility index (Phi) is 2.82. The Hall–Kier alpha value is -2.64. The number of imide groups is 1. The zero-order valence-corrected chi connectivity index (χ0v) is 15.4. The summed E-state index contributed by atoms with van der Waals surface area (Å²) in [6.45, 7) is 0. The van der Waals surface area contributed by atoms with E-state index in [1.54, 1.807) is 0 Å². The Morgan fingerprint density at radius 1 is 1.21 bits per heavy atom. The van der Waals surface area contributed by atoms with Crippen molar-refractivity contribution in [2.45, 2.75) is 19.0 Å². The van der Waals surface area contributed by atoms with Gasteiger partial charge in [-0.05, 0) is 54.9 Å². The number of hydrogen-bond donors (Lipinski definition) is 0. The highest BCUT2D eigenvalue weighted by Crippen LogP contribution is 2.94. The SMILES string of the molecule is CN(C(=O)c1ccc(C(F)(F)F)cc1)N1C(=O)[C@H]2C34CC=CC(C5CC53)[C@@]24C1=O. The van der Waals surface area contributed by atoms with Crippen molar-refractivity contribution in [2.24, 2.45) is 34.5 Å². The third kappa shape index (κ3) is 1.66. The van der Waals surface area contributed by atoms with Gasteiger partial charge in [0.05, 0.1) is 16.9 Å². The van der Waals surface area contributed by atoms with Crippen molar-refractivity contribution in [3.8, 4) is 0 Å². The van der Waals surface area contributed by atoms with Crippen LogP contribution >= 0.6 is 0 Å². The van der Waals surface area contributed by atoms with Crippen LogP contribution in [0.25, 0.3) is 0 Å². The van der Waals surface area contributed by atoms with Crippen molar-refractivity contribution >= 4 is 17.7 Å². The van der Waals surface area contributed by atoms with Gasteiger partial charge in [0.2, 0.25) is 0 Å². The topological polar surface area (TPSA) is 57.7 Å². The summed E-state index contributed by atoms with van der Waals surface area (Å²) in [6.07, 6.45) is 1.45. The lowest BCUT2D eigenvalue weighted by atomic mass is 9.77. The first-order valence-corrected chi connectivity index (χ1v) is 9.67. The van der Waals surface area contributed by atoms with E-state index in [-0.39, 0.29) is 34.6 Å². The number of allylic oxidation sites excluding steroid dienone is 2. The lowest BCUT2D eigenvalue weighted by Gasteiger charge is -2.34. The minimum absolute atomic E-state index is 0.0109. The van der Waals surface area contributed by atoms with E-state index in [4.69, 9.17) is 0 Å². The third-order valence-electron chi connectivity index (χ3n) is 8.00. The number of hydrogen-bond acceptors (Lipinski definition) is 3. The monoisotopic (exact) mass is 402 g/mol. The second-order valence-corrected chi connectivity index (χ2v) is 8.87. The molecule has 6 rings (SSSR count). The largest absolute Gasteiger partial charge is 0.416 e. The molecule has 3 amide bonds. The van der Waals surface area contributed by atoms with Crippen molar-refractivity contribution in [3.63, 3.8) is 0 Å². The van der Waals surface area contributed by atoms with Crippen molar-refractivity contribution in [3.05, 3.63) is 47.5 Å². The van der Waals surface area contributed by atoms with Gasteiger partial charge in [0, 0.05) is 18.0 Å². The van der Waals surface area contributed by atoms with Crippen molar-refractivity contribution in [2.75, 3.05) is 7.05 Å². The van der Waals surface area contributed by atoms with E-state index < -0.39 is 23.1 Å². The Labute approximate surface area is 164 Å². The van der Waals surface area contributed by atoms with Crippen LogP contribution in [-0.2, 0) is 15.8 Å². The minimum atomic E-state index is -4.50. The van der Waals surface area contributed by atoms with Gasteiger partial charge >= 0.3 is 6.18 Å². The van der Waals surface area contributed by atoms with Gasteiger partial charge in [-0.25, -0.2) is 5.01 Å². The summed E-state index contributed by atoms with van der Waals surface area (Å²) in [5.74, 6) is -0.808. The van der Waals surface area contributed by atoms with Gasteiger partial charge in [-0.1, -0.05) is 12.2 Å². The molecule has 4 unspecified atom stereocenters. The number of piperidine rings is 1. The maximum absolute atomic E-state index is 13.4. The molecule has 0 N–H and O–H groups in total. The number of fused-ring (bicyclic) bond motifs is 2. The van der Waals surface area contributed by atoms with Crippen LogP contribution < -0.4 is 0 Å². The molecule has 1 heterocycles. The molecule has 2 bridgehead atoms. The van der Waals surface area contributed by atoms with E-state index in [1.807, 2.05) is 0 Å². The van der Waals surface area contributed by atoms with Gasteiger partial charge < -0.3 is 0 Å². The molecule has 150 valence electrons. The molecule has 6 atom stereocenters. The molecule has 1 spiro atoms. The highest BCUT2D eigenvalue weighted by Gasteiger charge is 2.99. The molecule has 1 saturated heterocycles. The zero-order chi connectivity index (χ0) is 20.5. The number of nitrogens with zero attached hydrogens (tertiary/aromatic N) is 2. The standard InChI is InChI=1S/C21H17F3N2O3/c1-25(16(27)10-4-6-11(7-5-10)21(22,23)24)26-17(28)15-19-8-2-3-13(12-9-14(12)19)20(15,19)18(26)29/h2-7,12-15H,8-9H2,1H3/t12?,13?,14?,15-,19?,20-/m0/s1. The molecule has 1 aromatic carbocycles. The molecule has 0 aromatic heterocycles. The van der Waals surface area contributed by atoms with Crippen LogP contribution in [0, 0.1) is 34.5 Å². The average Bonchev–Trinajstić information content (AvgIpc) is 3.55. The van der Waals surface area contributed by atoms with Gasteiger partial charge in [0.1, 0.15) is 0 Å². The number of hydrazine groups is 1. The average molecular weight is 402 g/mol. The molecule has 0 radical (unpaired) electrons. The molecule has 5 aliphatic rings. The number of benzene rings is 1. The summed E-state index contributed by atoms with van der Waals surface area (Å²) < 4.78 is 38.2. The maximum atomic E-state index is 13.4. The van der Waals surface area contributed by atoms with E-state index in [9.17, 15) is 27.6 Å². The van der Waals surface area contributed by atoms with Crippen LogP contribution in [0.5, 0.6) is 0 Å². The number of carbonyl (C=O) groups excluding carboxylic acids is 3. The summed E-state index contributed by atoms with van der Waals surface area (Å²) >= 11 is 0. The minimum Gasteiger partial charge on any atom is -0.272 e. The van der Waals surface area contributed by atoms with Crippen molar-refractivity contribution in [1.82, 2.24) is 10.0 Å². The predicted octanol–water partition coefficient (Wildman–Crippen LogP) is 2.89. The second-order valence-electron chi connectivity index (χ2n) is 8.87. The summed E-state index contributed by atoms with van der Waals surface area (Å²) in [6, 6.07) is 3.77. The fraction of sp³-hybridized carbons (Fsp3) is 0.476. The summed E-state index contributed by atoms with van der Waals surface area (Å²) in [5.41, 5.74) is -1.85. The van der Waals surface area contributed by atoms with Gasteiger partial charge in [0.25, 0.3) is 17.7 Å². The van der Waals surface area contributed by atoms with Crippen LogP contribution in [0.4, 0.5) is 13.2 Å². The fourth-order valence-corrected chi connectivity index (χ4v) is 6.93. The molecule has 3 saturated carbocycles. The first-order chi connectivity index (χ1) is 13.7. The van der Waals surface area contributed by atoms with E-state index >= 15 is 0 Å². The maximum Gasteiger partial charge on any atom is 0.416 e. The molecule has 8 heteroatoms. The fourth-order valence-electron chi connectivity index (χ4n) is 6.93. The Bertz CT molecular complexity index is 1030. The van der Waals surface area contributed by atoms with Gasteiger partial charge in [0.15, 0.2) is 0 Å². The number of carbonyl (C=O) groups is 3. The zero-order valence-electron chi connectivity index (χ0n) is 15.4. The first kappa shape index (κ1) is 17.2. The smallest absolute Gasteiger partial charge is 0.272 e. The van der Waals surface area contributed by atoms with Crippen molar-refractivity contribution < 1.29 is 27.6 Å². The first-order valence-electron chi connectivity index (χ1n) is 9.67. The molecule has 5 nitrogen and oxygen atoms in total. The Balaban J connectivity index is 1.30. The number of rotatable bonds is 2. The van der Waals surface area contributed by atoms with Crippen LogP contribution in [0.1, 0.15) is 28.8 Å². The van der Waals surface area contributed by atoms with E-state index in [1.165, 1.54) is 7.05 Å². The van der Waals surface area contributed by atoms with E-state index in [0.717, 1.165) is 47.1 Å². The lowest BCUT2D eigenvalue weighted by Crippen LogP contribution is -2.52. The molecule has 1 aliphatic heterocycles. The highest BCUT2D eigenvalue weighted by atomic mass is 19.4. The highest BCUT2D eigenvalue weighted by molar-refractivity contribution is 6.15. The molecular formula is C21H17F3N2O3. The Morgan fingerprint density at radius 2 is 1.90 bits per heavy atom. The predicted molar refractivity (Wildman–Crippen MR) is 92.6 cm³/mol. The molecule has 1 aromatic rings. The number of amides is 3. The van der Waals surface area contributed by atoms with Gasteiger partial charge in [-0.2, -0.15) is 18.2 Å². The van der Waals surface area contributed by atoms with Crippen LogP contribution in [0.2, 0.25) is 0 Å². The number of halogens is 3.